The van der Waals surface area contributed by atoms with Gasteiger partial charge in [0.2, 0.25) is 53.2 Å². The van der Waals surface area contributed by atoms with Gasteiger partial charge in [-0.1, -0.05) is 27.2 Å². The Morgan fingerprint density at radius 2 is 1.61 bits per heavy atom. The van der Waals surface area contributed by atoms with Crippen molar-refractivity contribution in [3.8, 4) is 5.75 Å². The van der Waals surface area contributed by atoms with Crippen LogP contribution in [0.1, 0.15) is 69.7 Å². The van der Waals surface area contributed by atoms with E-state index in [0.29, 0.717) is 46.7 Å². The topological polar surface area (TPSA) is 417 Å². The molecule has 11 atom stereocenters. The number of aliphatic hydroxyl groups is 3. The number of methoxy groups -OCH3 is 1. The largest absolute Gasteiger partial charge is 0.496 e. The molecule has 77 heavy (non-hydrogen) atoms. The summed E-state index contributed by atoms with van der Waals surface area (Å²) in [5.41, 5.74) is 13.3. The van der Waals surface area contributed by atoms with Gasteiger partial charge >= 0.3 is 0 Å². The number of fused-ring (bicyclic) bond motifs is 5. The Labute approximate surface area is 450 Å². The van der Waals surface area contributed by atoms with Crippen LogP contribution in [0.15, 0.2) is 23.4 Å². The molecule has 6 rings (SSSR count). The van der Waals surface area contributed by atoms with Gasteiger partial charge in [0.1, 0.15) is 47.0 Å². The summed E-state index contributed by atoms with van der Waals surface area (Å²) in [5.74, 6) is -10.2. The molecule has 3 aliphatic heterocycles. The Hall–Kier alpha value is -6.53. The number of aromatic nitrogens is 3. The Morgan fingerprint density at radius 3 is 2.27 bits per heavy atom. The zero-order valence-corrected chi connectivity index (χ0v) is 44.9. The number of aryl methyl sites for hydroxylation is 1. The summed E-state index contributed by atoms with van der Waals surface area (Å²) >= 11 is 1.58. The number of aromatic amines is 2. The van der Waals surface area contributed by atoms with Gasteiger partial charge in [-0.25, -0.2) is 0 Å². The van der Waals surface area contributed by atoms with E-state index in [1.807, 2.05) is 10.9 Å². The number of hydrogen-bond donors (Lipinski definition) is 14. The number of rotatable bonds is 16. The minimum atomic E-state index is -2.39. The van der Waals surface area contributed by atoms with Crippen LogP contribution in [0.3, 0.4) is 0 Å². The molecular formula is C48H71N13O14S2. The number of nitrogens with two attached hydrogens (primary N) is 2. The predicted molar refractivity (Wildman–Crippen MR) is 279 cm³/mol. The number of carbonyl (C=O) groups is 9. The van der Waals surface area contributed by atoms with Crippen LogP contribution in [0.25, 0.3) is 10.9 Å². The number of carbonyl (C=O) groups excluding carboxylic acids is 9. The van der Waals surface area contributed by atoms with Gasteiger partial charge in [-0.2, -0.15) is 11.8 Å². The average Bonchev–Trinajstić information content (AvgIpc) is 3.97. The third-order valence-corrected chi connectivity index (χ3v) is 16.5. The molecule has 3 aliphatic rings. The fourth-order valence-corrected chi connectivity index (χ4v) is 11.8. The lowest BCUT2D eigenvalue weighted by molar-refractivity contribution is -0.144. The van der Waals surface area contributed by atoms with Gasteiger partial charge in [0, 0.05) is 61.3 Å². The number of amides is 9. The predicted octanol–water partition coefficient (Wildman–Crippen LogP) is -4.32. The number of benzene rings is 1. The fourth-order valence-electron chi connectivity index (χ4n) is 9.40. The van der Waals surface area contributed by atoms with Crippen molar-refractivity contribution in [3.05, 3.63) is 35.2 Å². The normalized spacial score (nSPS) is 25.7. The second-order valence-electron chi connectivity index (χ2n) is 19.5. The first-order chi connectivity index (χ1) is 36.7. The van der Waals surface area contributed by atoms with E-state index in [-0.39, 0.29) is 10.6 Å². The summed E-state index contributed by atoms with van der Waals surface area (Å²) in [6.45, 7) is 2.98. The summed E-state index contributed by atoms with van der Waals surface area (Å²) < 4.78 is 23.0. The van der Waals surface area contributed by atoms with E-state index in [4.69, 9.17) is 16.2 Å². The van der Waals surface area contributed by atoms with Gasteiger partial charge in [-0.05, 0) is 42.2 Å². The Kier molecular flexibility index (Phi) is 21.1. The van der Waals surface area contributed by atoms with Crippen LogP contribution >= 0.6 is 11.8 Å². The number of primary amides is 1. The highest BCUT2D eigenvalue weighted by Crippen LogP contribution is 2.36. The monoisotopic (exact) mass is 1120 g/mol. The van der Waals surface area contributed by atoms with E-state index in [0.717, 1.165) is 30.0 Å². The molecular weight excluding hydrogens is 1050 g/mol. The zero-order valence-electron chi connectivity index (χ0n) is 43.3. The second-order valence-corrected chi connectivity index (χ2v) is 22.0. The molecule has 1 aromatic carbocycles. The van der Waals surface area contributed by atoms with Crippen LogP contribution in [0.4, 0.5) is 0 Å². The number of hydrogen-bond acceptors (Lipinski definition) is 16. The standard InChI is InChI=1S/C48H71N13O14S2/c1-5-23(2)39-45(71)52-16-37(66)53-32-22-77(74)47-28(27-8-9-35(75-4)29(41(27)58-47)21-76-11-7-6-10-60-18-25(15-49)59-60)13-30(42(68)51-17-38(67)56-39)54-46(72)40(24(3)34(64)20-62)57-44(70)33-12-26(63)19-61(33)48(73)31(14-36(50)65)55-43(32)69/h8-9,18,23-24,26,30-34,39-40,58-59,62-64H,5-7,10-17,19-22,49H2,1-4H3,(H2,50,65)(H,51,68)(H,52,71)(H,53,66)(H,54,72)(H,55,69)(H,56,67)(H,57,70)/t23-,24-,26+,30-,31?,32-,33?,34?,39-,40?,77?/m0/s1. The third kappa shape index (κ3) is 14.9. The van der Waals surface area contributed by atoms with Crippen LogP contribution in [0.2, 0.25) is 0 Å². The van der Waals surface area contributed by atoms with Crippen molar-refractivity contribution in [1.29, 1.82) is 0 Å². The second kappa shape index (κ2) is 27.2. The Morgan fingerprint density at radius 1 is 0.909 bits per heavy atom. The highest BCUT2D eigenvalue weighted by molar-refractivity contribution is 7.98. The molecule has 3 aromatic rings. The molecule has 29 heteroatoms. The number of aliphatic hydroxyl groups excluding tert-OH is 3. The maximum absolute atomic E-state index is 15.2. The molecule has 9 amide bonds. The maximum Gasteiger partial charge on any atom is 0.246 e. The summed E-state index contributed by atoms with van der Waals surface area (Å²) in [5, 5.41) is 52.8. The van der Waals surface area contributed by atoms with E-state index in [2.05, 4.69) is 47.3 Å². The molecule has 0 radical (unpaired) electrons. The van der Waals surface area contributed by atoms with Crippen molar-refractivity contribution in [2.45, 2.75) is 132 Å². The lowest BCUT2D eigenvalue weighted by Gasteiger charge is -2.32. The van der Waals surface area contributed by atoms with Crippen molar-refractivity contribution in [1.82, 2.24) is 56.9 Å². The summed E-state index contributed by atoms with van der Waals surface area (Å²) in [6.07, 6.45) is -0.793. The zero-order chi connectivity index (χ0) is 56.2. The van der Waals surface area contributed by atoms with Crippen molar-refractivity contribution >= 4 is 86.6 Å². The molecule has 5 heterocycles. The van der Waals surface area contributed by atoms with Gasteiger partial charge in [0.05, 0.1) is 73.2 Å². The first-order valence-corrected chi connectivity index (χ1v) is 27.9. The molecule has 0 spiro atoms. The quantitative estimate of drug-likeness (QED) is 0.0604. The SMILES string of the molecule is CC[C@H](C)[C@@H]1NC(=O)CNC(=O)[C@@H]2Cc3c([nH]c4c(CSCCCCn5cc(CN)[nH]5)c(OC)ccc34)S(=O)C[C@H](NC(=O)CNC1=O)C(=O)NC(CC(N)=O)C(=O)N1C[C@H](O)CC1C(=O)NC([C@@H](C)C(O)CO)C(=O)N2. The molecule has 1 saturated heterocycles. The van der Waals surface area contributed by atoms with Gasteiger partial charge in [-0.3, -0.25) is 52.0 Å². The third-order valence-electron chi connectivity index (χ3n) is 14.0. The molecule has 2 bridgehead atoms. The van der Waals surface area contributed by atoms with Crippen LogP contribution in [-0.2, 0) is 79.2 Å². The molecule has 16 N–H and O–H groups in total. The van der Waals surface area contributed by atoms with Crippen molar-refractivity contribution in [3.63, 3.8) is 0 Å². The van der Waals surface area contributed by atoms with Gasteiger partial charge in [0.25, 0.3) is 0 Å². The van der Waals surface area contributed by atoms with Gasteiger partial charge in [-0.15, -0.1) is 0 Å². The minimum Gasteiger partial charge on any atom is -0.496 e. The van der Waals surface area contributed by atoms with Crippen LogP contribution in [0.5, 0.6) is 5.75 Å². The van der Waals surface area contributed by atoms with E-state index in [1.165, 1.54) is 14.0 Å². The van der Waals surface area contributed by atoms with Crippen molar-refractivity contribution in [2.24, 2.45) is 23.3 Å². The number of nitrogens with one attached hydrogen (secondary N) is 9. The van der Waals surface area contributed by atoms with Crippen molar-refractivity contribution in [2.75, 3.05) is 44.9 Å². The van der Waals surface area contributed by atoms with Crippen molar-refractivity contribution < 1.29 is 67.4 Å². The summed E-state index contributed by atoms with van der Waals surface area (Å²) in [6, 6.07) is -6.68. The van der Waals surface area contributed by atoms with Gasteiger partial charge in [0.15, 0.2) is 0 Å². The number of unbranched alkanes of at least 4 members (excludes halogenated alkanes) is 1. The molecule has 5 unspecified atom stereocenters. The molecule has 424 valence electrons. The molecule has 2 aromatic heterocycles. The lowest BCUT2D eigenvalue weighted by atomic mass is 9.93. The number of thioether (sulfide) groups is 1. The van der Waals surface area contributed by atoms with Crippen LogP contribution < -0.4 is 53.4 Å². The first-order valence-electron chi connectivity index (χ1n) is 25.4. The highest BCUT2D eigenvalue weighted by Gasteiger charge is 2.45. The summed E-state index contributed by atoms with van der Waals surface area (Å²) in [4.78, 5) is 130. The number of H-pyrrole nitrogens is 2. The Balaban J connectivity index is 1.52. The first kappa shape index (κ1) is 59.7. The fraction of sp³-hybridized carbons (Fsp3) is 0.604. The van der Waals surface area contributed by atoms with E-state index in [9.17, 15) is 58.5 Å². The average molecular weight is 1120 g/mol. The molecule has 0 saturated carbocycles. The highest BCUT2D eigenvalue weighted by atomic mass is 32.2. The van der Waals surface area contributed by atoms with E-state index < -0.39 is 176 Å². The molecule has 0 aliphatic carbocycles. The smallest absolute Gasteiger partial charge is 0.246 e. The molecule has 27 nitrogen and oxygen atoms in total. The van der Waals surface area contributed by atoms with Crippen LogP contribution in [0, 0.1) is 11.8 Å². The number of ether oxygens (including phenoxy) is 1. The maximum atomic E-state index is 15.2. The Bertz CT molecular complexity index is 2680. The minimum absolute atomic E-state index is 0.0946. The van der Waals surface area contributed by atoms with E-state index >= 15 is 4.21 Å². The van der Waals surface area contributed by atoms with E-state index in [1.54, 1.807) is 37.7 Å². The van der Waals surface area contributed by atoms with Gasteiger partial charge < -0.3 is 83.7 Å². The molecule has 1 fully saturated rings. The van der Waals surface area contributed by atoms with Crippen LogP contribution in [-0.4, -0.2) is 186 Å². The summed E-state index contributed by atoms with van der Waals surface area (Å²) in [7, 11) is -0.929. The number of nitrogens with zero attached hydrogens (tertiary/aromatic N) is 2. The lowest BCUT2D eigenvalue weighted by Crippen LogP contribution is -2.62.